The zero-order chi connectivity index (χ0) is 11.0. The third-order valence-electron chi connectivity index (χ3n) is 1.57. The van der Waals surface area contributed by atoms with Crippen LogP contribution in [0.3, 0.4) is 0 Å². The number of hydrogen-bond donors (Lipinski definition) is 1. The molecule has 1 rings (SSSR count). The van der Waals surface area contributed by atoms with Gasteiger partial charge in [0.25, 0.3) is 0 Å². The van der Waals surface area contributed by atoms with Crippen molar-refractivity contribution in [1.29, 1.82) is 0 Å². The molecule has 1 saturated heterocycles. The average Bonchev–Trinajstić information content (AvgIpc) is 2.51. The lowest BCUT2D eigenvalue weighted by Crippen LogP contribution is -2.11. The first-order valence-corrected chi connectivity index (χ1v) is 4.72. The summed E-state index contributed by atoms with van der Waals surface area (Å²) in [4.78, 5) is 11.0. The van der Waals surface area contributed by atoms with Crippen molar-refractivity contribution >= 4 is 5.91 Å². The van der Waals surface area contributed by atoms with Crippen LogP contribution in [-0.4, -0.2) is 5.91 Å². The lowest BCUT2D eigenvalue weighted by atomic mass is 10.1. The molecule has 1 heterocycles. The first kappa shape index (κ1) is 12.4. The molecule has 0 aromatic rings. The van der Waals surface area contributed by atoms with Crippen molar-refractivity contribution in [3.63, 3.8) is 0 Å². The Balaban J connectivity index is 0.000000791. The highest BCUT2D eigenvalue weighted by molar-refractivity contribution is 5.87. The maximum atomic E-state index is 11.0. The third-order valence-corrected chi connectivity index (χ3v) is 1.57. The number of allylic oxidation sites excluding steroid dienone is 5. The van der Waals surface area contributed by atoms with Gasteiger partial charge in [-0.1, -0.05) is 45.2 Å². The summed E-state index contributed by atoms with van der Waals surface area (Å²) in [5, 5.41) is 2.72. The Kier molecular flexibility index (Phi) is 6.12. The first-order chi connectivity index (χ1) is 6.77. The summed E-state index contributed by atoms with van der Waals surface area (Å²) >= 11 is 0. The highest BCUT2D eigenvalue weighted by Crippen LogP contribution is 2.18. The molecule has 0 unspecified atom stereocenters. The van der Waals surface area contributed by atoms with Gasteiger partial charge >= 0.3 is 0 Å². The zero-order valence-electron chi connectivity index (χ0n) is 8.84. The van der Waals surface area contributed by atoms with Gasteiger partial charge in [0.05, 0.1) is 6.42 Å². The number of carbonyl (C=O) groups excluding carboxylic acids is 1. The second-order valence-electron chi connectivity index (χ2n) is 2.47. The van der Waals surface area contributed by atoms with Crippen molar-refractivity contribution < 1.29 is 4.79 Å². The van der Waals surface area contributed by atoms with Crippen LogP contribution >= 0.6 is 0 Å². The van der Waals surface area contributed by atoms with Gasteiger partial charge in [0.2, 0.25) is 5.91 Å². The summed E-state index contributed by atoms with van der Waals surface area (Å²) in [6.07, 6.45) is 7.36. The number of hydrogen-bond acceptors (Lipinski definition) is 1. The smallest absolute Gasteiger partial charge is 0.228 e. The lowest BCUT2D eigenvalue weighted by Gasteiger charge is -1.95. The SMILES string of the molecule is C=C/C=C1/CC(=O)N/C1=C/C=C.CC. The highest BCUT2D eigenvalue weighted by Gasteiger charge is 2.18. The fourth-order valence-electron chi connectivity index (χ4n) is 1.10. The molecular weight excluding hydrogens is 174 g/mol. The van der Waals surface area contributed by atoms with Crippen LogP contribution in [0.25, 0.3) is 0 Å². The van der Waals surface area contributed by atoms with Crippen molar-refractivity contribution in [2.45, 2.75) is 20.3 Å². The Morgan fingerprint density at radius 2 is 1.79 bits per heavy atom. The maximum absolute atomic E-state index is 11.0. The van der Waals surface area contributed by atoms with E-state index < -0.39 is 0 Å². The predicted molar refractivity (Wildman–Crippen MR) is 60.7 cm³/mol. The van der Waals surface area contributed by atoms with Gasteiger partial charge in [-0.05, 0) is 11.6 Å². The van der Waals surface area contributed by atoms with Gasteiger partial charge in [-0.25, -0.2) is 0 Å². The Labute approximate surface area is 85.7 Å². The number of rotatable bonds is 2. The molecule has 2 nitrogen and oxygen atoms in total. The Hall–Kier alpha value is -1.57. The van der Waals surface area contributed by atoms with Crippen LogP contribution in [0, 0.1) is 0 Å². The van der Waals surface area contributed by atoms with Gasteiger partial charge in [0, 0.05) is 5.70 Å². The van der Waals surface area contributed by atoms with E-state index in [0.29, 0.717) is 6.42 Å². The van der Waals surface area contributed by atoms with E-state index in [1.807, 2.05) is 19.9 Å². The molecule has 0 radical (unpaired) electrons. The molecule has 2 heteroatoms. The van der Waals surface area contributed by atoms with Crippen LogP contribution in [-0.2, 0) is 4.79 Å². The van der Waals surface area contributed by atoms with E-state index in [9.17, 15) is 4.79 Å². The van der Waals surface area contributed by atoms with Gasteiger partial charge in [-0.2, -0.15) is 0 Å². The van der Waals surface area contributed by atoms with E-state index in [4.69, 9.17) is 0 Å². The van der Waals surface area contributed by atoms with E-state index >= 15 is 0 Å². The minimum atomic E-state index is 0.0243. The number of amides is 1. The standard InChI is InChI=1S/C10H11NO.C2H6/c1-3-5-8-7-10(12)11-9(8)6-4-2;1-2/h3-6H,1-2,7H2,(H,11,12);1-2H3/b8-5-,9-6+;. The van der Waals surface area contributed by atoms with Gasteiger partial charge in [0.1, 0.15) is 0 Å². The molecule has 14 heavy (non-hydrogen) atoms. The first-order valence-electron chi connectivity index (χ1n) is 4.72. The molecule has 1 amide bonds. The Morgan fingerprint density at radius 3 is 2.29 bits per heavy atom. The van der Waals surface area contributed by atoms with Gasteiger partial charge < -0.3 is 5.32 Å². The van der Waals surface area contributed by atoms with Crippen LogP contribution in [0.2, 0.25) is 0 Å². The molecule has 1 aliphatic rings. The van der Waals surface area contributed by atoms with E-state index in [0.717, 1.165) is 11.3 Å². The third kappa shape index (κ3) is 3.44. The zero-order valence-corrected chi connectivity index (χ0v) is 8.84. The summed E-state index contributed by atoms with van der Waals surface area (Å²) in [6.45, 7) is 11.1. The molecule has 0 spiro atoms. The van der Waals surface area contributed by atoms with Crippen molar-refractivity contribution in [2.24, 2.45) is 0 Å². The molecule has 76 valence electrons. The van der Waals surface area contributed by atoms with Gasteiger partial charge in [-0.3, -0.25) is 4.79 Å². The van der Waals surface area contributed by atoms with Gasteiger partial charge in [-0.15, -0.1) is 0 Å². The second-order valence-corrected chi connectivity index (χ2v) is 2.47. The van der Waals surface area contributed by atoms with E-state index in [2.05, 4.69) is 18.5 Å². The average molecular weight is 191 g/mol. The molecule has 0 atom stereocenters. The molecule has 1 aliphatic heterocycles. The second kappa shape index (κ2) is 6.89. The van der Waals surface area contributed by atoms with Crippen LogP contribution in [0.5, 0.6) is 0 Å². The number of nitrogens with one attached hydrogen (secondary N) is 1. The fourth-order valence-corrected chi connectivity index (χ4v) is 1.10. The lowest BCUT2D eigenvalue weighted by molar-refractivity contribution is -0.118. The summed E-state index contributed by atoms with van der Waals surface area (Å²) in [7, 11) is 0. The maximum Gasteiger partial charge on any atom is 0.228 e. The van der Waals surface area contributed by atoms with E-state index in [-0.39, 0.29) is 5.91 Å². The molecular formula is C12H17NO. The molecule has 0 aliphatic carbocycles. The quantitative estimate of drug-likeness (QED) is 0.714. The Morgan fingerprint density at radius 1 is 1.21 bits per heavy atom. The van der Waals surface area contributed by atoms with Crippen LogP contribution < -0.4 is 5.32 Å². The summed E-state index contributed by atoms with van der Waals surface area (Å²) < 4.78 is 0. The molecule has 0 aromatic heterocycles. The largest absolute Gasteiger partial charge is 0.326 e. The fraction of sp³-hybridized carbons (Fsp3) is 0.250. The van der Waals surface area contributed by atoms with Crippen molar-refractivity contribution in [3.05, 3.63) is 48.7 Å². The summed E-state index contributed by atoms with van der Waals surface area (Å²) in [6, 6.07) is 0. The van der Waals surface area contributed by atoms with Gasteiger partial charge in [0.15, 0.2) is 0 Å². The predicted octanol–water partition coefficient (Wildman–Crippen LogP) is 2.71. The van der Waals surface area contributed by atoms with Crippen LogP contribution in [0.1, 0.15) is 20.3 Å². The molecule has 0 aromatic carbocycles. The Bertz CT molecular complexity index is 257. The molecule has 1 N–H and O–H groups in total. The summed E-state index contributed by atoms with van der Waals surface area (Å²) in [5.41, 5.74) is 1.80. The highest BCUT2D eigenvalue weighted by atomic mass is 16.1. The van der Waals surface area contributed by atoms with Crippen molar-refractivity contribution in [1.82, 2.24) is 5.32 Å². The van der Waals surface area contributed by atoms with Crippen molar-refractivity contribution in [3.8, 4) is 0 Å². The van der Waals surface area contributed by atoms with Crippen LogP contribution in [0.4, 0.5) is 0 Å². The van der Waals surface area contributed by atoms with E-state index in [1.165, 1.54) is 0 Å². The minimum absolute atomic E-state index is 0.0243. The number of carbonyl (C=O) groups is 1. The minimum Gasteiger partial charge on any atom is -0.326 e. The van der Waals surface area contributed by atoms with E-state index in [1.54, 1.807) is 18.2 Å². The van der Waals surface area contributed by atoms with Crippen molar-refractivity contribution in [2.75, 3.05) is 0 Å². The normalized spacial score (nSPS) is 20.0. The summed E-state index contributed by atoms with van der Waals surface area (Å²) in [5.74, 6) is 0.0243. The van der Waals surface area contributed by atoms with Crippen LogP contribution in [0.15, 0.2) is 48.7 Å². The monoisotopic (exact) mass is 191 g/mol. The molecule has 0 saturated carbocycles. The topological polar surface area (TPSA) is 29.1 Å². The molecule has 0 bridgehead atoms. The molecule has 1 fully saturated rings.